The summed E-state index contributed by atoms with van der Waals surface area (Å²) in [5, 5.41) is 19.8. The summed E-state index contributed by atoms with van der Waals surface area (Å²) in [6.07, 6.45) is 8.12. The number of unbranched alkanes of at least 4 members (excludes halogenated alkanes) is 2. The fraction of sp³-hybridized carbons (Fsp3) is 0.292. The fourth-order valence-corrected chi connectivity index (χ4v) is 3.13. The lowest BCUT2D eigenvalue weighted by Gasteiger charge is -2.08. The third-order valence-corrected chi connectivity index (χ3v) is 4.90. The molecule has 32 heavy (non-hydrogen) atoms. The Bertz CT molecular complexity index is 1090. The number of nitrogens with zero attached hydrogens (tertiary/aromatic N) is 5. The van der Waals surface area contributed by atoms with Crippen LogP contribution in [0.4, 0.5) is 5.69 Å². The van der Waals surface area contributed by atoms with E-state index in [1.54, 1.807) is 31.5 Å². The summed E-state index contributed by atoms with van der Waals surface area (Å²) in [6.45, 7) is 4.99. The first kappa shape index (κ1) is 22.9. The molecular weight excluding hydrogens is 406 g/mol. The minimum atomic E-state index is -0.435. The second-order valence-electron chi connectivity index (χ2n) is 7.32. The third kappa shape index (κ3) is 6.34. The minimum absolute atomic E-state index is 0.0732. The van der Waals surface area contributed by atoms with Crippen molar-refractivity contribution in [3.05, 3.63) is 88.0 Å². The standard InChI is InChI=1S/C24H27N5O3/c1-3-4-8-15-32-23-12-11-21(16-22(23)29(30)31)19(2)27-26-17-24-25-13-14-28(24)18-20-9-6-5-7-10-20/h5-7,9-14,16-17H,3-4,8,15,18H2,1-2H3/b26-17+,27-19+. The maximum Gasteiger partial charge on any atom is 0.311 e. The molecule has 166 valence electrons. The summed E-state index contributed by atoms with van der Waals surface area (Å²) in [6, 6.07) is 14.9. The zero-order valence-electron chi connectivity index (χ0n) is 18.3. The van der Waals surface area contributed by atoms with Crippen LogP contribution in [0.5, 0.6) is 5.75 Å². The molecule has 0 atom stereocenters. The van der Waals surface area contributed by atoms with Gasteiger partial charge in [0.2, 0.25) is 0 Å². The van der Waals surface area contributed by atoms with E-state index in [0.717, 1.165) is 24.8 Å². The fourth-order valence-electron chi connectivity index (χ4n) is 3.13. The molecule has 0 spiro atoms. The summed E-state index contributed by atoms with van der Waals surface area (Å²) in [7, 11) is 0. The van der Waals surface area contributed by atoms with Gasteiger partial charge in [0.25, 0.3) is 0 Å². The smallest absolute Gasteiger partial charge is 0.311 e. The first-order valence-electron chi connectivity index (χ1n) is 10.6. The van der Waals surface area contributed by atoms with Gasteiger partial charge in [-0.2, -0.15) is 10.2 Å². The average Bonchev–Trinajstić information content (AvgIpc) is 3.24. The maximum atomic E-state index is 11.5. The molecule has 8 nitrogen and oxygen atoms in total. The summed E-state index contributed by atoms with van der Waals surface area (Å²) in [4.78, 5) is 15.4. The van der Waals surface area contributed by atoms with Crippen LogP contribution in [0.25, 0.3) is 0 Å². The number of imidazole rings is 1. The van der Waals surface area contributed by atoms with Crippen LogP contribution < -0.4 is 4.74 Å². The number of hydrogen-bond donors (Lipinski definition) is 0. The number of benzene rings is 2. The van der Waals surface area contributed by atoms with Gasteiger partial charge in [0.05, 0.1) is 23.5 Å². The molecule has 0 bridgehead atoms. The molecule has 2 aromatic carbocycles. The zero-order valence-corrected chi connectivity index (χ0v) is 18.3. The number of hydrogen-bond acceptors (Lipinski definition) is 6. The van der Waals surface area contributed by atoms with E-state index >= 15 is 0 Å². The van der Waals surface area contributed by atoms with Crippen LogP contribution in [0.1, 0.15) is 50.1 Å². The molecule has 0 aliphatic heterocycles. The quantitative estimate of drug-likeness (QED) is 0.179. The molecule has 3 aromatic rings. The molecule has 0 fully saturated rings. The third-order valence-electron chi connectivity index (χ3n) is 4.90. The van der Waals surface area contributed by atoms with Crippen molar-refractivity contribution in [2.75, 3.05) is 6.61 Å². The Hall–Kier alpha value is -3.81. The number of nitro groups is 1. The zero-order chi connectivity index (χ0) is 22.8. The van der Waals surface area contributed by atoms with Crippen LogP contribution in [0.2, 0.25) is 0 Å². The van der Waals surface area contributed by atoms with Crippen LogP contribution in [0.15, 0.2) is 71.1 Å². The Kier molecular flexibility index (Phi) is 8.25. The Balaban J connectivity index is 1.71. The Morgan fingerprint density at radius 3 is 2.78 bits per heavy atom. The van der Waals surface area contributed by atoms with Gasteiger partial charge in [0, 0.05) is 30.6 Å². The Labute approximate surface area is 187 Å². The van der Waals surface area contributed by atoms with E-state index in [1.165, 1.54) is 6.07 Å². The second kappa shape index (κ2) is 11.5. The lowest BCUT2D eigenvalue weighted by atomic mass is 10.1. The average molecular weight is 434 g/mol. The van der Waals surface area contributed by atoms with E-state index in [2.05, 4.69) is 22.1 Å². The predicted molar refractivity (Wildman–Crippen MR) is 126 cm³/mol. The molecule has 3 rings (SSSR count). The van der Waals surface area contributed by atoms with Gasteiger partial charge in [0.15, 0.2) is 11.6 Å². The Morgan fingerprint density at radius 1 is 1.22 bits per heavy atom. The highest BCUT2D eigenvalue weighted by Crippen LogP contribution is 2.28. The lowest BCUT2D eigenvalue weighted by Crippen LogP contribution is -2.04. The van der Waals surface area contributed by atoms with E-state index in [-0.39, 0.29) is 11.4 Å². The monoisotopic (exact) mass is 433 g/mol. The first-order chi connectivity index (χ1) is 15.6. The van der Waals surface area contributed by atoms with Crippen molar-refractivity contribution in [1.82, 2.24) is 9.55 Å². The van der Waals surface area contributed by atoms with E-state index < -0.39 is 4.92 Å². The highest BCUT2D eigenvalue weighted by atomic mass is 16.6. The van der Waals surface area contributed by atoms with E-state index in [9.17, 15) is 10.1 Å². The molecule has 0 N–H and O–H groups in total. The molecule has 0 amide bonds. The Morgan fingerprint density at radius 2 is 2.03 bits per heavy atom. The van der Waals surface area contributed by atoms with E-state index in [1.807, 2.05) is 41.1 Å². The van der Waals surface area contributed by atoms with Gasteiger partial charge in [0.1, 0.15) is 0 Å². The highest BCUT2D eigenvalue weighted by molar-refractivity contribution is 5.99. The predicted octanol–water partition coefficient (Wildman–Crippen LogP) is 5.25. The SMILES string of the molecule is CCCCCOc1ccc(/C(C)=N/N=C/c2nccn2Cc2ccccc2)cc1[N+](=O)[O-]. The summed E-state index contributed by atoms with van der Waals surface area (Å²) in [5.41, 5.74) is 2.26. The van der Waals surface area contributed by atoms with Crippen LogP contribution in [-0.2, 0) is 6.54 Å². The largest absolute Gasteiger partial charge is 0.487 e. The van der Waals surface area contributed by atoms with Crippen molar-refractivity contribution in [3.8, 4) is 5.75 Å². The molecule has 0 saturated carbocycles. The van der Waals surface area contributed by atoms with Gasteiger partial charge in [-0.15, -0.1) is 0 Å². The molecule has 0 saturated heterocycles. The number of aromatic nitrogens is 2. The molecule has 0 aliphatic carbocycles. The summed E-state index contributed by atoms with van der Waals surface area (Å²) in [5.74, 6) is 0.946. The minimum Gasteiger partial charge on any atom is -0.487 e. The van der Waals surface area contributed by atoms with Gasteiger partial charge in [-0.25, -0.2) is 4.98 Å². The molecule has 1 heterocycles. The van der Waals surface area contributed by atoms with Gasteiger partial charge >= 0.3 is 5.69 Å². The molecule has 1 aromatic heterocycles. The summed E-state index contributed by atoms with van der Waals surface area (Å²) >= 11 is 0. The van der Waals surface area contributed by atoms with Crippen molar-refractivity contribution in [2.24, 2.45) is 10.2 Å². The van der Waals surface area contributed by atoms with Gasteiger partial charge < -0.3 is 9.30 Å². The molecule has 0 unspecified atom stereocenters. The topological polar surface area (TPSA) is 94.9 Å². The van der Waals surface area contributed by atoms with Crippen LogP contribution >= 0.6 is 0 Å². The number of rotatable bonds is 11. The second-order valence-corrected chi connectivity index (χ2v) is 7.32. The van der Waals surface area contributed by atoms with Crippen molar-refractivity contribution >= 4 is 17.6 Å². The molecule has 8 heteroatoms. The summed E-state index contributed by atoms with van der Waals surface area (Å²) < 4.78 is 7.58. The van der Waals surface area contributed by atoms with Gasteiger partial charge in [-0.05, 0) is 31.0 Å². The first-order valence-corrected chi connectivity index (χ1v) is 10.6. The molecule has 0 aliphatic rings. The van der Waals surface area contributed by atoms with Crippen LogP contribution in [-0.4, -0.2) is 33.0 Å². The number of nitro benzene ring substituents is 1. The van der Waals surface area contributed by atoms with Gasteiger partial charge in [-0.1, -0.05) is 50.1 Å². The highest BCUT2D eigenvalue weighted by Gasteiger charge is 2.17. The lowest BCUT2D eigenvalue weighted by molar-refractivity contribution is -0.385. The van der Waals surface area contributed by atoms with E-state index in [0.29, 0.717) is 30.3 Å². The van der Waals surface area contributed by atoms with E-state index in [4.69, 9.17) is 4.74 Å². The normalized spacial score (nSPS) is 11.8. The van der Waals surface area contributed by atoms with Crippen molar-refractivity contribution in [2.45, 2.75) is 39.7 Å². The molecule has 0 radical (unpaired) electrons. The molecular formula is C24H27N5O3. The van der Waals surface area contributed by atoms with Crippen molar-refractivity contribution < 1.29 is 9.66 Å². The van der Waals surface area contributed by atoms with Crippen LogP contribution in [0.3, 0.4) is 0 Å². The van der Waals surface area contributed by atoms with Crippen LogP contribution in [0, 0.1) is 10.1 Å². The van der Waals surface area contributed by atoms with Crippen molar-refractivity contribution in [1.29, 1.82) is 0 Å². The van der Waals surface area contributed by atoms with Gasteiger partial charge in [-0.3, -0.25) is 10.1 Å². The maximum absolute atomic E-state index is 11.5. The van der Waals surface area contributed by atoms with Crippen molar-refractivity contribution in [3.63, 3.8) is 0 Å². The number of ether oxygens (including phenoxy) is 1.